The van der Waals surface area contributed by atoms with Crippen molar-refractivity contribution in [1.82, 2.24) is 19.5 Å². The molecule has 34 heavy (non-hydrogen) atoms. The second-order valence-electron chi connectivity index (χ2n) is 7.33. The van der Waals surface area contributed by atoms with Gasteiger partial charge in [-0.1, -0.05) is 43.6 Å². The molecule has 0 spiro atoms. The number of carbonyl (C=O) groups is 1. The van der Waals surface area contributed by atoms with Gasteiger partial charge in [-0.25, -0.2) is 9.67 Å². The van der Waals surface area contributed by atoms with Crippen LogP contribution < -0.4 is 9.46 Å². The van der Waals surface area contributed by atoms with Crippen LogP contribution in [0.2, 0.25) is 5.15 Å². The van der Waals surface area contributed by atoms with Crippen LogP contribution in [0.5, 0.6) is 5.88 Å². The lowest BCUT2D eigenvalue weighted by molar-refractivity contribution is -0.190. The zero-order chi connectivity index (χ0) is 24.8. The Morgan fingerprint density at radius 1 is 1.18 bits per heavy atom. The first-order valence-corrected chi connectivity index (χ1v) is 11.9. The van der Waals surface area contributed by atoms with Crippen LogP contribution in [-0.2, 0) is 0 Å². The molecule has 1 aliphatic rings. The predicted molar refractivity (Wildman–Crippen MR) is 125 cm³/mol. The minimum Gasteiger partial charge on any atom is -0.477 e. The van der Waals surface area contributed by atoms with E-state index in [-0.39, 0.29) is 42.5 Å². The maximum Gasteiger partial charge on any atom is 0.394 e. The number of benzene rings is 1. The van der Waals surface area contributed by atoms with Crippen LogP contribution in [0.4, 0.5) is 13.2 Å². The Morgan fingerprint density at radius 2 is 1.88 bits per heavy atom. The van der Waals surface area contributed by atoms with Crippen LogP contribution in [0.15, 0.2) is 59.6 Å². The van der Waals surface area contributed by atoms with Gasteiger partial charge in [0.05, 0.1) is 17.6 Å². The third-order valence-electron chi connectivity index (χ3n) is 5.17. The van der Waals surface area contributed by atoms with Gasteiger partial charge in [0.1, 0.15) is 5.15 Å². The Bertz CT molecular complexity index is 1110. The molecule has 1 amide bonds. The van der Waals surface area contributed by atoms with Crippen molar-refractivity contribution in [1.29, 1.82) is 0 Å². The SMILES string of the molecule is CC.O=C(NSc1ccccc1)c1ccc(-n2ccc(OCCC3(C(F)(F)F)CC3)n2)nc1Cl. The first-order valence-electron chi connectivity index (χ1n) is 10.7. The summed E-state index contributed by atoms with van der Waals surface area (Å²) in [5, 5.41) is 4.15. The second kappa shape index (κ2) is 11.1. The lowest BCUT2D eigenvalue weighted by Crippen LogP contribution is -2.26. The normalized spacial score (nSPS) is 14.1. The van der Waals surface area contributed by atoms with Gasteiger partial charge in [-0.05, 0) is 55.5 Å². The van der Waals surface area contributed by atoms with E-state index in [0.29, 0.717) is 5.82 Å². The van der Waals surface area contributed by atoms with E-state index in [1.807, 2.05) is 44.2 Å². The Labute approximate surface area is 205 Å². The summed E-state index contributed by atoms with van der Waals surface area (Å²) in [5.41, 5.74) is -1.41. The van der Waals surface area contributed by atoms with Crippen molar-refractivity contribution in [2.45, 2.75) is 44.2 Å². The quantitative estimate of drug-likeness (QED) is 0.276. The van der Waals surface area contributed by atoms with E-state index < -0.39 is 17.5 Å². The van der Waals surface area contributed by atoms with Gasteiger partial charge in [0.15, 0.2) is 5.82 Å². The van der Waals surface area contributed by atoms with E-state index in [4.69, 9.17) is 16.3 Å². The minimum absolute atomic E-state index is 0.00696. The number of pyridine rings is 1. The smallest absolute Gasteiger partial charge is 0.394 e. The van der Waals surface area contributed by atoms with Crippen molar-refractivity contribution in [3.8, 4) is 11.7 Å². The monoisotopic (exact) mass is 512 g/mol. The van der Waals surface area contributed by atoms with E-state index in [2.05, 4.69) is 14.8 Å². The van der Waals surface area contributed by atoms with Crippen LogP contribution in [0.3, 0.4) is 0 Å². The van der Waals surface area contributed by atoms with Gasteiger partial charge in [-0.2, -0.15) is 13.2 Å². The minimum atomic E-state index is -4.20. The fourth-order valence-electron chi connectivity index (χ4n) is 3.06. The number of nitrogens with one attached hydrogen (secondary N) is 1. The van der Waals surface area contributed by atoms with Crippen molar-refractivity contribution in [3.63, 3.8) is 0 Å². The largest absolute Gasteiger partial charge is 0.477 e. The highest BCUT2D eigenvalue weighted by Crippen LogP contribution is 2.59. The van der Waals surface area contributed by atoms with Crippen molar-refractivity contribution in [2.24, 2.45) is 5.41 Å². The number of ether oxygens (including phenoxy) is 1. The molecule has 0 aliphatic heterocycles. The molecule has 1 N–H and O–H groups in total. The Morgan fingerprint density at radius 3 is 2.50 bits per heavy atom. The molecule has 1 aromatic carbocycles. The highest BCUT2D eigenvalue weighted by molar-refractivity contribution is 7.98. The average Bonchev–Trinajstić information content (AvgIpc) is 3.49. The summed E-state index contributed by atoms with van der Waals surface area (Å²) >= 11 is 7.35. The lowest BCUT2D eigenvalue weighted by Gasteiger charge is -2.18. The number of halogens is 4. The molecule has 2 aromatic heterocycles. The van der Waals surface area contributed by atoms with Crippen LogP contribution in [0.25, 0.3) is 5.82 Å². The van der Waals surface area contributed by atoms with Gasteiger partial charge < -0.3 is 4.74 Å². The molecule has 182 valence electrons. The van der Waals surface area contributed by atoms with E-state index >= 15 is 0 Å². The average molecular weight is 513 g/mol. The van der Waals surface area contributed by atoms with Crippen LogP contribution in [0.1, 0.15) is 43.5 Å². The topological polar surface area (TPSA) is 69.0 Å². The van der Waals surface area contributed by atoms with Crippen molar-refractivity contribution in [2.75, 3.05) is 6.61 Å². The van der Waals surface area contributed by atoms with Gasteiger partial charge in [0, 0.05) is 17.2 Å². The molecule has 0 saturated heterocycles. The third kappa shape index (κ3) is 6.24. The maximum absolute atomic E-state index is 13.0. The summed E-state index contributed by atoms with van der Waals surface area (Å²) in [5.74, 6) is 0.124. The van der Waals surface area contributed by atoms with Gasteiger partial charge in [0.2, 0.25) is 5.88 Å². The third-order valence-corrected chi connectivity index (χ3v) is 6.25. The fourth-order valence-corrected chi connectivity index (χ4v) is 3.91. The molecule has 0 atom stereocenters. The molecular weight excluding hydrogens is 489 g/mol. The van der Waals surface area contributed by atoms with E-state index in [1.54, 1.807) is 12.3 Å². The number of alkyl halides is 3. The van der Waals surface area contributed by atoms with Crippen molar-refractivity contribution < 1.29 is 22.7 Å². The molecule has 11 heteroatoms. The highest BCUT2D eigenvalue weighted by atomic mass is 35.5. The number of nitrogens with zero attached hydrogens (tertiary/aromatic N) is 3. The Balaban J connectivity index is 0.00000158. The molecule has 1 fully saturated rings. The number of rotatable bonds is 8. The van der Waals surface area contributed by atoms with Gasteiger partial charge >= 0.3 is 6.18 Å². The number of hydrogen-bond donors (Lipinski definition) is 1. The number of carbonyl (C=O) groups excluding carboxylic acids is 1. The first kappa shape index (κ1) is 25.9. The van der Waals surface area contributed by atoms with Crippen molar-refractivity contribution >= 4 is 29.5 Å². The lowest BCUT2D eigenvalue weighted by atomic mass is 10.0. The molecule has 0 bridgehead atoms. The number of hydrogen-bond acceptors (Lipinski definition) is 5. The molecule has 1 aliphatic carbocycles. The van der Waals surface area contributed by atoms with Gasteiger partial charge in [-0.15, -0.1) is 5.10 Å². The summed E-state index contributed by atoms with van der Waals surface area (Å²) in [6, 6.07) is 13.9. The second-order valence-corrected chi connectivity index (χ2v) is 8.57. The van der Waals surface area contributed by atoms with E-state index in [1.165, 1.54) is 16.8 Å². The standard InChI is InChI=1S/C21H18ClF3N4O2S.C2H6/c22-18-15(19(30)28-32-14-4-2-1-3-5-14)6-7-16(26-18)29-12-8-17(27-29)31-13-11-20(9-10-20)21(23,24)25;1-2/h1-8,12H,9-11,13H2,(H,28,30);1-2H3. The molecule has 3 aromatic rings. The van der Waals surface area contributed by atoms with Gasteiger partial charge in [-0.3, -0.25) is 9.52 Å². The molecule has 1 saturated carbocycles. The zero-order valence-corrected chi connectivity index (χ0v) is 20.2. The molecule has 0 radical (unpaired) electrons. The zero-order valence-electron chi connectivity index (χ0n) is 18.6. The molecule has 6 nitrogen and oxygen atoms in total. The van der Waals surface area contributed by atoms with Crippen LogP contribution in [0, 0.1) is 5.41 Å². The number of aromatic nitrogens is 3. The number of amides is 1. The molecular formula is C23H24ClF3N4O2S. The summed E-state index contributed by atoms with van der Waals surface area (Å²) in [6.45, 7) is 3.92. The maximum atomic E-state index is 13.0. The molecule has 4 rings (SSSR count). The predicted octanol–water partition coefficient (Wildman–Crippen LogP) is 6.50. The first-order chi connectivity index (χ1) is 16.3. The van der Waals surface area contributed by atoms with E-state index in [9.17, 15) is 18.0 Å². The van der Waals surface area contributed by atoms with E-state index in [0.717, 1.165) is 16.8 Å². The summed E-state index contributed by atoms with van der Waals surface area (Å²) in [6.07, 6.45) is -2.47. The summed E-state index contributed by atoms with van der Waals surface area (Å²) < 4.78 is 48.4. The van der Waals surface area contributed by atoms with Crippen molar-refractivity contribution in [3.05, 3.63) is 65.4 Å². The molecule has 0 unspecified atom stereocenters. The summed E-state index contributed by atoms with van der Waals surface area (Å²) in [7, 11) is 0. The fraction of sp³-hybridized carbons (Fsp3) is 0.348. The Hall–Kier alpha value is -2.72. The van der Waals surface area contributed by atoms with Crippen LogP contribution in [-0.4, -0.2) is 33.5 Å². The molecule has 2 heterocycles. The Kier molecular flexibility index (Phi) is 8.48. The van der Waals surface area contributed by atoms with Gasteiger partial charge in [0.25, 0.3) is 5.91 Å². The summed E-state index contributed by atoms with van der Waals surface area (Å²) in [4.78, 5) is 17.4. The highest BCUT2D eigenvalue weighted by Gasteiger charge is 2.62. The van der Waals surface area contributed by atoms with Crippen LogP contribution >= 0.6 is 23.5 Å².